The highest BCUT2D eigenvalue weighted by Crippen LogP contribution is 2.27. The van der Waals surface area contributed by atoms with Gasteiger partial charge in [-0.3, -0.25) is 4.90 Å². The first-order chi connectivity index (χ1) is 8.62. The number of rotatable bonds is 7. The van der Waals surface area contributed by atoms with Crippen LogP contribution in [0.1, 0.15) is 66.2 Å². The Bertz CT molecular complexity index is 211. The van der Waals surface area contributed by atoms with E-state index in [2.05, 4.69) is 45.0 Å². The number of nitrogens with one attached hydrogen (secondary N) is 1. The highest BCUT2D eigenvalue weighted by atomic mass is 15.2. The van der Waals surface area contributed by atoms with E-state index in [9.17, 15) is 0 Å². The van der Waals surface area contributed by atoms with Crippen molar-refractivity contribution in [1.82, 2.24) is 10.2 Å². The molecule has 2 unspecified atom stereocenters. The molecule has 0 aliphatic heterocycles. The molecule has 1 aliphatic rings. The van der Waals surface area contributed by atoms with Crippen LogP contribution in [-0.2, 0) is 0 Å². The summed E-state index contributed by atoms with van der Waals surface area (Å²) in [6.45, 7) is 10.7. The van der Waals surface area contributed by atoms with Crippen LogP contribution in [-0.4, -0.2) is 36.6 Å². The summed E-state index contributed by atoms with van der Waals surface area (Å²) in [5.41, 5.74) is 0. The molecule has 108 valence electrons. The standard InChI is InChI=1S/C16H34N2/c1-6-15(7-2)18(12-13(3)4)16-10-8-9-14(11-16)17-5/h13-17H,6-12H2,1-5H3. The van der Waals surface area contributed by atoms with Crippen LogP contribution in [0, 0.1) is 5.92 Å². The summed E-state index contributed by atoms with van der Waals surface area (Å²) in [6.07, 6.45) is 8.10. The quantitative estimate of drug-likeness (QED) is 0.746. The topological polar surface area (TPSA) is 15.3 Å². The Morgan fingerprint density at radius 3 is 2.33 bits per heavy atom. The van der Waals surface area contributed by atoms with Gasteiger partial charge in [0.05, 0.1) is 0 Å². The maximum Gasteiger partial charge on any atom is 0.0113 e. The first-order valence-electron chi connectivity index (χ1n) is 8.05. The van der Waals surface area contributed by atoms with Crippen LogP contribution in [0.15, 0.2) is 0 Å². The third-order valence-electron chi connectivity index (χ3n) is 4.51. The summed E-state index contributed by atoms with van der Waals surface area (Å²) in [4.78, 5) is 2.83. The molecular weight excluding hydrogens is 220 g/mol. The van der Waals surface area contributed by atoms with Crippen LogP contribution in [0.4, 0.5) is 0 Å². The van der Waals surface area contributed by atoms with Crippen molar-refractivity contribution >= 4 is 0 Å². The lowest BCUT2D eigenvalue weighted by Crippen LogP contribution is -2.49. The molecule has 1 aliphatic carbocycles. The highest BCUT2D eigenvalue weighted by Gasteiger charge is 2.29. The van der Waals surface area contributed by atoms with Crippen molar-refractivity contribution in [3.05, 3.63) is 0 Å². The molecule has 1 rings (SSSR count). The molecule has 2 atom stereocenters. The minimum atomic E-state index is 0.743. The van der Waals surface area contributed by atoms with Crippen molar-refractivity contribution in [2.75, 3.05) is 13.6 Å². The van der Waals surface area contributed by atoms with Gasteiger partial charge in [-0.25, -0.2) is 0 Å². The molecule has 2 nitrogen and oxygen atoms in total. The molecule has 0 radical (unpaired) electrons. The predicted octanol–water partition coefficient (Wildman–Crippen LogP) is 3.66. The lowest BCUT2D eigenvalue weighted by molar-refractivity contribution is 0.0762. The Balaban J connectivity index is 2.68. The lowest BCUT2D eigenvalue weighted by atomic mass is 9.88. The van der Waals surface area contributed by atoms with Gasteiger partial charge in [-0.2, -0.15) is 0 Å². The van der Waals surface area contributed by atoms with E-state index in [1.54, 1.807) is 0 Å². The van der Waals surface area contributed by atoms with Gasteiger partial charge in [0.25, 0.3) is 0 Å². The normalized spacial score (nSPS) is 25.3. The fourth-order valence-electron chi connectivity index (χ4n) is 3.50. The van der Waals surface area contributed by atoms with Crippen molar-refractivity contribution in [3.8, 4) is 0 Å². The van der Waals surface area contributed by atoms with Crippen LogP contribution < -0.4 is 5.32 Å². The van der Waals surface area contributed by atoms with Crippen LogP contribution >= 0.6 is 0 Å². The molecule has 18 heavy (non-hydrogen) atoms. The van der Waals surface area contributed by atoms with Crippen LogP contribution in [0.2, 0.25) is 0 Å². The largest absolute Gasteiger partial charge is 0.317 e. The molecule has 0 amide bonds. The zero-order valence-corrected chi connectivity index (χ0v) is 13.2. The fourth-order valence-corrected chi connectivity index (χ4v) is 3.50. The first kappa shape index (κ1) is 16.0. The van der Waals surface area contributed by atoms with Crippen molar-refractivity contribution in [2.24, 2.45) is 5.92 Å². The molecule has 1 N–H and O–H groups in total. The van der Waals surface area contributed by atoms with Crippen molar-refractivity contribution in [3.63, 3.8) is 0 Å². The monoisotopic (exact) mass is 254 g/mol. The third kappa shape index (κ3) is 4.55. The Kier molecular flexibility index (Phi) is 7.25. The summed E-state index contributed by atoms with van der Waals surface area (Å²) in [6, 6.07) is 2.34. The smallest absolute Gasteiger partial charge is 0.0113 e. The first-order valence-corrected chi connectivity index (χ1v) is 8.05. The van der Waals surface area contributed by atoms with Crippen LogP contribution in [0.3, 0.4) is 0 Å². The molecule has 1 fully saturated rings. The van der Waals surface area contributed by atoms with Crippen molar-refractivity contribution in [1.29, 1.82) is 0 Å². The molecule has 2 heteroatoms. The van der Waals surface area contributed by atoms with E-state index in [0.717, 1.165) is 24.0 Å². The summed E-state index contributed by atoms with van der Waals surface area (Å²) in [5, 5.41) is 3.49. The van der Waals surface area contributed by atoms with Gasteiger partial charge in [0, 0.05) is 24.7 Å². The molecule has 1 saturated carbocycles. The van der Waals surface area contributed by atoms with Crippen LogP contribution in [0.5, 0.6) is 0 Å². The van der Waals surface area contributed by atoms with Gasteiger partial charge >= 0.3 is 0 Å². The SMILES string of the molecule is CCC(CC)N(CC(C)C)C1CCCC(NC)C1. The van der Waals surface area contributed by atoms with E-state index in [-0.39, 0.29) is 0 Å². The Labute approximate surface area is 115 Å². The van der Waals surface area contributed by atoms with Crippen molar-refractivity contribution < 1.29 is 0 Å². The number of hydrogen-bond donors (Lipinski definition) is 1. The zero-order chi connectivity index (χ0) is 13.5. The summed E-state index contributed by atoms with van der Waals surface area (Å²) in [5.74, 6) is 0.778. The fraction of sp³-hybridized carbons (Fsp3) is 1.00. The van der Waals surface area contributed by atoms with Gasteiger partial charge in [-0.05, 0) is 45.1 Å². The van der Waals surface area contributed by atoms with Gasteiger partial charge in [0.15, 0.2) is 0 Å². The molecule has 0 bridgehead atoms. The minimum Gasteiger partial charge on any atom is -0.317 e. The van der Waals surface area contributed by atoms with Gasteiger partial charge in [0.1, 0.15) is 0 Å². The Hall–Kier alpha value is -0.0800. The van der Waals surface area contributed by atoms with E-state index in [1.807, 2.05) is 0 Å². The second kappa shape index (κ2) is 8.16. The average molecular weight is 254 g/mol. The number of hydrogen-bond acceptors (Lipinski definition) is 2. The minimum absolute atomic E-state index is 0.743. The van der Waals surface area contributed by atoms with Gasteiger partial charge in [-0.1, -0.05) is 34.1 Å². The van der Waals surface area contributed by atoms with Gasteiger partial charge in [-0.15, -0.1) is 0 Å². The van der Waals surface area contributed by atoms with Crippen LogP contribution in [0.25, 0.3) is 0 Å². The Morgan fingerprint density at radius 1 is 1.17 bits per heavy atom. The van der Waals surface area contributed by atoms with Gasteiger partial charge in [0.2, 0.25) is 0 Å². The molecule has 0 heterocycles. The van der Waals surface area contributed by atoms with E-state index in [0.29, 0.717) is 0 Å². The molecule has 0 aromatic rings. The molecule has 0 spiro atoms. The zero-order valence-electron chi connectivity index (χ0n) is 13.2. The van der Waals surface area contributed by atoms with E-state index >= 15 is 0 Å². The summed E-state index contributed by atoms with van der Waals surface area (Å²) >= 11 is 0. The van der Waals surface area contributed by atoms with E-state index in [1.165, 1.54) is 45.1 Å². The Morgan fingerprint density at radius 2 is 1.83 bits per heavy atom. The van der Waals surface area contributed by atoms with E-state index < -0.39 is 0 Å². The molecule has 0 saturated heterocycles. The lowest BCUT2D eigenvalue weighted by Gasteiger charge is -2.42. The average Bonchev–Trinajstić information content (AvgIpc) is 2.38. The maximum absolute atomic E-state index is 3.49. The second-order valence-electron chi connectivity index (χ2n) is 6.37. The summed E-state index contributed by atoms with van der Waals surface area (Å²) < 4.78 is 0. The molecular formula is C16H34N2. The number of nitrogens with zero attached hydrogens (tertiary/aromatic N) is 1. The molecule has 0 aromatic heterocycles. The molecule has 0 aromatic carbocycles. The highest BCUT2D eigenvalue weighted by molar-refractivity contribution is 4.86. The summed E-state index contributed by atoms with van der Waals surface area (Å²) in [7, 11) is 2.12. The van der Waals surface area contributed by atoms with Gasteiger partial charge < -0.3 is 5.32 Å². The second-order valence-corrected chi connectivity index (χ2v) is 6.37. The third-order valence-corrected chi connectivity index (χ3v) is 4.51. The maximum atomic E-state index is 3.49. The predicted molar refractivity (Wildman–Crippen MR) is 81.0 cm³/mol. The van der Waals surface area contributed by atoms with Crippen molar-refractivity contribution in [2.45, 2.75) is 84.3 Å². The van der Waals surface area contributed by atoms with E-state index in [4.69, 9.17) is 0 Å².